The zero-order chi connectivity index (χ0) is 13.0. The number of hydrogen-bond donors (Lipinski definition) is 0. The molecule has 0 spiro atoms. The molecule has 0 saturated carbocycles. The molecule has 0 N–H and O–H groups in total. The average Bonchev–Trinajstić information content (AvgIpc) is 2.33. The van der Waals surface area contributed by atoms with Crippen molar-refractivity contribution in [1.29, 1.82) is 0 Å². The van der Waals surface area contributed by atoms with E-state index in [2.05, 4.69) is 27.7 Å². The van der Waals surface area contributed by atoms with Gasteiger partial charge in [-0.05, 0) is 26.2 Å². The number of likely N-dealkylation sites (tertiary alicyclic amines) is 1. The van der Waals surface area contributed by atoms with Gasteiger partial charge >= 0.3 is 0 Å². The summed E-state index contributed by atoms with van der Waals surface area (Å²) in [5, 5.41) is 0. The summed E-state index contributed by atoms with van der Waals surface area (Å²) in [6.07, 6.45) is 4.55. The molecule has 0 aromatic carbocycles. The number of carbonyl (C=O) groups excluding carboxylic acids is 1. The van der Waals surface area contributed by atoms with Gasteiger partial charge in [0.25, 0.3) is 0 Å². The van der Waals surface area contributed by atoms with E-state index < -0.39 is 0 Å². The van der Waals surface area contributed by atoms with Crippen LogP contribution in [0.5, 0.6) is 0 Å². The van der Waals surface area contributed by atoms with Gasteiger partial charge in [-0.25, -0.2) is 0 Å². The highest BCUT2D eigenvalue weighted by molar-refractivity contribution is 5.79. The summed E-state index contributed by atoms with van der Waals surface area (Å²) in [6, 6.07) is 0. The van der Waals surface area contributed by atoms with Crippen LogP contribution in [-0.4, -0.2) is 23.9 Å². The zero-order valence-electron chi connectivity index (χ0n) is 12.2. The molecule has 1 aliphatic rings. The maximum Gasteiger partial charge on any atom is 0.225 e. The number of nitrogens with zero attached hydrogens (tertiary/aromatic N) is 1. The van der Waals surface area contributed by atoms with Crippen LogP contribution < -0.4 is 0 Å². The van der Waals surface area contributed by atoms with Crippen molar-refractivity contribution in [3.05, 3.63) is 0 Å². The van der Waals surface area contributed by atoms with Crippen LogP contribution in [0.25, 0.3) is 0 Å². The molecule has 98 valence electrons. The minimum absolute atomic E-state index is 0.323. The number of carbonyl (C=O) groups is 1. The van der Waals surface area contributed by atoms with Crippen molar-refractivity contribution >= 4 is 5.91 Å². The second-order valence-electron chi connectivity index (χ2n) is 3.87. The quantitative estimate of drug-likeness (QED) is 0.698. The fourth-order valence-electron chi connectivity index (χ4n) is 1.71. The number of piperidine rings is 1. The zero-order valence-corrected chi connectivity index (χ0v) is 12.2. The van der Waals surface area contributed by atoms with Gasteiger partial charge < -0.3 is 4.90 Å². The maximum atomic E-state index is 11.5. The Hall–Kier alpha value is -0.530. The maximum absolute atomic E-state index is 11.5. The summed E-state index contributed by atoms with van der Waals surface area (Å²) in [4.78, 5) is 13.5. The molecule has 1 heterocycles. The van der Waals surface area contributed by atoms with Crippen LogP contribution in [0.1, 0.15) is 67.2 Å². The minimum atomic E-state index is 0.323. The van der Waals surface area contributed by atoms with Gasteiger partial charge in [0.15, 0.2) is 0 Å². The third kappa shape index (κ3) is 6.86. The molecule has 1 saturated heterocycles. The number of amides is 1. The second-order valence-corrected chi connectivity index (χ2v) is 3.87. The molecule has 0 aromatic heterocycles. The van der Waals surface area contributed by atoms with E-state index in [9.17, 15) is 4.79 Å². The molecule has 0 bridgehead atoms. The van der Waals surface area contributed by atoms with Crippen molar-refractivity contribution in [3.63, 3.8) is 0 Å². The molecular weight excluding hydrogens is 198 g/mol. The molecule has 1 aliphatic heterocycles. The van der Waals surface area contributed by atoms with E-state index in [1.54, 1.807) is 0 Å². The molecule has 1 rings (SSSR count). The van der Waals surface area contributed by atoms with Crippen LogP contribution in [0, 0.1) is 5.92 Å². The lowest BCUT2D eigenvalue weighted by Crippen LogP contribution is -2.40. The second kappa shape index (κ2) is 12.5. The first-order valence-corrected chi connectivity index (χ1v) is 6.99. The van der Waals surface area contributed by atoms with Crippen LogP contribution in [-0.2, 0) is 4.79 Å². The van der Waals surface area contributed by atoms with E-state index >= 15 is 0 Å². The van der Waals surface area contributed by atoms with E-state index in [4.69, 9.17) is 0 Å². The van der Waals surface area contributed by atoms with E-state index in [0.29, 0.717) is 11.8 Å². The fourth-order valence-corrected chi connectivity index (χ4v) is 1.71. The van der Waals surface area contributed by atoms with Crippen LogP contribution in [0.15, 0.2) is 0 Å². The first kappa shape index (κ1) is 17.9. The highest BCUT2D eigenvalue weighted by Gasteiger charge is 2.25. The Morgan fingerprint density at radius 1 is 1.19 bits per heavy atom. The molecule has 0 aromatic rings. The normalized spacial score (nSPS) is 19.2. The predicted molar refractivity (Wildman–Crippen MR) is 72.6 cm³/mol. The predicted octanol–water partition coefficient (Wildman–Crippen LogP) is 4.10. The molecule has 1 atom stereocenters. The SMILES string of the molecule is CC.CCC.CCC1CCCN(CC)C1=O. The Labute approximate surface area is 102 Å². The number of hydrogen-bond acceptors (Lipinski definition) is 1. The minimum Gasteiger partial charge on any atom is -0.343 e. The molecule has 1 amide bonds. The van der Waals surface area contributed by atoms with Gasteiger partial charge in [0.05, 0.1) is 0 Å². The lowest BCUT2D eigenvalue weighted by molar-refractivity contribution is -0.138. The van der Waals surface area contributed by atoms with Crippen molar-refractivity contribution in [1.82, 2.24) is 4.90 Å². The fraction of sp³-hybridized carbons (Fsp3) is 0.929. The third-order valence-corrected chi connectivity index (χ3v) is 2.52. The topological polar surface area (TPSA) is 20.3 Å². The molecule has 1 unspecified atom stereocenters. The average molecular weight is 229 g/mol. The molecule has 2 heteroatoms. The van der Waals surface area contributed by atoms with E-state index in [1.165, 1.54) is 12.8 Å². The van der Waals surface area contributed by atoms with Gasteiger partial charge in [-0.1, -0.05) is 41.0 Å². The van der Waals surface area contributed by atoms with Gasteiger partial charge in [0.2, 0.25) is 5.91 Å². The summed E-state index contributed by atoms with van der Waals surface area (Å²) in [5.74, 6) is 0.699. The standard InChI is InChI=1S/C9H17NO.C3H8.C2H6/c1-3-8-6-5-7-10(4-2)9(8)11;1-3-2;1-2/h8H,3-7H2,1-2H3;3H2,1-2H3;1-2H3. The first-order valence-electron chi connectivity index (χ1n) is 6.99. The Bertz CT molecular complexity index is 143. The lowest BCUT2D eigenvalue weighted by atomic mass is 9.95. The molecule has 1 fully saturated rings. The summed E-state index contributed by atoms with van der Waals surface area (Å²) in [5.41, 5.74) is 0. The molecule has 0 aliphatic carbocycles. The Kier molecular flexibility index (Phi) is 14.0. The summed E-state index contributed by atoms with van der Waals surface area (Å²) in [6.45, 7) is 14.3. The monoisotopic (exact) mass is 229 g/mol. The first-order chi connectivity index (χ1) is 7.71. The molecule has 2 nitrogen and oxygen atoms in total. The van der Waals surface area contributed by atoms with Crippen molar-refractivity contribution in [2.24, 2.45) is 5.92 Å². The van der Waals surface area contributed by atoms with Crippen molar-refractivity contribution in [2.45, 2.75) is 67.2 Å². The van der Waals surface area contributed by atoms with Crippen molar-refractivity contribution in [3.8, 4) is 0 Å². The Morgan fingerprint density at radius 3 is 2.06 bits per heavy atom. The van der Waals surface area contributed by atoms with Gasteiger partial charge in [0, 0.05) is 19.0 Å². The van der Waals surface area contributed by atoms with Gasteiger partial charge in [-0.15, -0.1) is 0 Å². The van der Waals surface area contributed by atoms with E-state index in [-0.39, 0.29) is 0 Å². The summed E-state index contributed by atoms with van der Waals surface area (Å²) >= 11 is 0. The highest BCUT2D eigenvalue weighted by atomic mass is 16.2. The van der Waals surface area contributed by atoms with Crippen LogP contribution in [0.2, 0.25) is 0 Å². The van der Waals surface area contributed by atoms with Gasteiger partial charge in [-0.2, -0.15) is 0 Å². The van der Waals surface area contributed by atoms with Crippen LogP contribution in [0.4, 0.5) is 0 Å². The molecule has 0 radical (unpaired) electrons. The van der Waals surface area contributed by atoms with Crippen LogP contribution >= 0.6 is 0 Å². The van der Waals surface area contributed by atoms with E-state index in [0.717, 1.165) is 25.9 Å². The molecular formula is C14H31NO. The summed E-state index contributed by atoms with van der Waals surface area (Å²) < 4.78 is 0. The molecule has 16 heavy (non-hydrogen) atoms. The Morgan fingerprint density at radius 2 is 1.69 bits per heavy atom. The van der Waals surface area contributed by atoms with Crippen LogP contribution in [0.3, 0.4) is 0 Å². The van der Waals surface area contributed by atoms with Crippen molar-refractivity contribution in [2.75, 3.05) is 13.1 Å². The number of rotatable bonds is 2. The van der Waals surface area contributed by atoms with Crippen molar-refractivity contribution < 1.29 is 4.79 Å². The van der Waals surface area contributed by atoms with Gasteiger partial charge in [0.1, 0.15) is 0 Å². The lowest BCUT2D eigenvalue weighted by Gasteiger charge is -2.30. The smallest absolute Gasteiger partial charge is 0.225 e. The van der Waals surface area contributed by atoms with E-state index in [1.807, 2.05) is 18.7 Å². The largest absolute Gasteiger partial charge is 0.343 e. The Balaban J connectivity index is 0. The highest BCUT2D eigenvalue weighted by Crippen LogP contribution is 2.19. The summed E-state index contributed by atoms with van der Waals surface area (Å²) in [7, 11) is 0. The van der Waals surface area contributed by atoms with Gasteiger partial charge in [-0.3, -0.25) is 4.79 Å². The third-order valence-electron chi connectivity index (χ3n) is 2.52.